The molecule has 0 aromatic heterocycles. The van der Waals surface area contributed by atoms with Crippen LogP contribution in [-0.2, 0) is 20.7 Å². The number of amides is 1. The van der Waals surface area contributed by atoms with Crippen LogP contribution in [0.15, 0.2) is 30.3 Å². The highest BCUT2D eigenvalue weighted by molar-refractivity contribution is 5.84. The summed E-state index contributed by atoms with van der Waals surface area (Å²) in [5.74, 6) is -1.15. The Hall–Kier alpha value is -1.88. The predicted octanol–water partition coefficient (Wildman–Crippen LogP) is 2.10. The third-order valence-corrected chi connectivity index (χ3v) is 4.09. The van der Waals surface area contributed by atoms with Gasteiger partial charge in [-0.15, -0.1) is 0 Å². The van der Waals surface area contributed by atoms with Crippen LogP contribution in [0.1, 0.15) is 31.2 Å². The number of hydrogen-bond acceptors (Lipinski definition) is 3. The standard InChI is InChI=1S/C17H23NO4/c1-18(16(19)12-14-9-5-6-10-22-14)15(17(20)21)11-13-7-3-2-4-8-13/h2-4,7-8,14-15H,5-6,9-12H2,1H3,(H,20,21). The number of carbonyl (C=O) groups is 2. The molecule has 1 N–H and O–H groups in total. The average Bonchev–Trinajstić information content (AvgIpc) is 2.53. The number of ether oxygens (including phenoxy) is 1. The molecule has 0 aliphatic carbocycles. The topological polar surface area (TPSA) is 66.8 Å². The Kier molecular flexibility index (Phi) is 5.95. The summed E-state index contributed by atoms with van der Waals surface area (Å²) in [6.45, 7) is 0.689. The van der Waals surface area contributed by atoms with Crippen molar-refractivity contribution in [3.8, 4) is 0 Å². The van der Waals surface area contributed by atoms with Crippen molar-refractivity contribution in [1.29, 1.82) is 0 Å². The molecule has 1 amide bonds. The lowest BCUT2D eigenvalue weighted by Crippen LogP contribution is -2.45. The van der Waals surface area contributed by atoms with Gasteiger partial charge in [-0.3, -0.25) is 4.79 Å². The van der Waals surface area contributed by atoms with E-state index in [1.54, 1.807) is 7.05 Å². The fourth-order valence-corrected chi connectivity index (χ4v) is 2.71. The van der Waals surface area contributed by atoms with Crippen molar-refractivity contribution in [3.05, 3.63) is 35.9 Å². The first-order valence-corrected chi connectivity index (χ1v) is 7.72. The number of carboxylic acids is 1. The van der Waals surface area contributed by atoms with E-state index in [1.807, 2.05) is 30.3 Å². The number of benzene rings is 1. The maximum absolute atomic E-state index is 12.3. The summed E-state index contributed by atoms with van der Waals surface area (Å²) in [7, 11) is 1.56. The highest BCUT2D eigenvalue weighted by Crippen LogP contribution is 2.18. The van der Waals surface area contributed by atoms with Gasteiger partial charge in [-0.1, -0.05) is 30.3 Å². The van der Waals surface area contributed by atoms with E-state index in [2.05, 4.69) is 0 Å². The van der Waals surface area contributed by atoms with Crippen LogP contribution in [0.25, 0.3) is 0 Å². The molecule has 2 unspecified atom stereocenters. The molecule has 0 saturated carbocycles. The third kappa shape index (κ3) is 4.56. The molecule has 1 saturated heterocycles. The second kappa shape index (κ2) is 7.94. The van der Waals surface area contributed by atoms with Crippen LogP contribution in [-0.4, -0.2) is 47.7 Å². The minimum absolute atomic E-state index is 0.0742. The van der Waals surface area contributed by atoms with Gasteiger partial charge in [-0.05, 0) is 24.8 Å². The number of rotatable bonds is 6. The molecule has 22 heavy (non-hydrogen) atoms. The van der Waals surface area contributed by atoms with Gasteiger partial charge in [0.15, 0.2) is 0 Å². The van der Waals surface area contributed by atoms with E-state index in [-0.39, 0.29) is 18.4 Å². The Morgan fingerprint density at radius 2 is 2.05 bits per heavy atom. The van der Waals surface area contributed by atoms with Gasteiger partial charge in [0, 0.05) is 20.1 Å². The van der Waals surface area contributed by atoms with Crippen molar-refractivity contribution in [1.82, 2.24) is 4.90 Å². The maximum atomic E-state index is 12.3. The van der Waals surface area contributed by atoms with Gasteiger partial charge in [0.25, 0.3) is 0 Å². The van der Waals surface area contributed by atoms with Crippen molar-refractivity contribution >= 4 is 11.9 Å². The number of nitrogens with zero attached hydrogens (tertiary/aromatic N) is 1. The van der Waals surface area contributed by atoms with Gasteiger partial charge in [-0.25, -0.2) is 4.79 Å². The number of likely N-dealkylation sites (N-methyl/N-ethyl adjacent to an activating group) is 1. The summed E-state index contributed by atoms with van der Waals surface area (Å²) >= 11 is 0. The Labute approximate surface area is 130 Å². The molecule has 120 valence electrons. The third-order valence-electron chi connectivity index (χ3n) is 4.09. The van der Waals surface area contributed by atoms with Crippen LogP contribution >= 0.6 is 0 Å². The quantitative estimate of drug-likeness (QED) is 0.874. The molecule has 1 aromatic carbocycles. The van der Waals surface area contributed by atoms with Crippen molar-refractivity contribution in [2.45, 2.75) is 44.2 Å². The van der Waals surface area contributed by atoms with E-state index >= 15 is 0 Å². The fraction of sp³-hybridized carbons (Fsp3) is 0.529. The molecule has 1 fully saturated rings. The van der Waals surface area contributed by atoms with E-state index < -0.39 is 12.0 Å². The van der Waals surface area contributed by atoms with E-state index in [4.69, 9.17) is 4.74 Å². The monoisotopic (exact) mass is 305 g/mol. The lowest BCUT2D eigenvalue weighted by molar-refractivity contribution is -0.150. The maximum Gasteiger partial charge on any atom is 0.326 e. The summed E-state index contributed by atoms with van der Waals surface area (Å²) < 4.78 is 5.56. The van der Waals surface area contributed by atoms with Crippen molar-refractivity contribution < 1.29 is 19.4 Å². The van der Waals surface area contributed by atoms with Gasteiger partial charge in [0.2, 0.25) is 5.91 Å². The van der Waals surface area contributed by atoms with Gasteiger partial charge in [0.05, 0.1) is 12.5 Å². The summed E-state index contributed by atoms with van der Waals surface area (Å²) in [6.07, 6.45) is 3.46. The predicted molar refractivity (Wildman–Crippen MR) is 82.5 cm³/mol. The Morgan fingerprint density at radius 1 is 1.32 bits per heavy atom. The second-order valence-corrected chi connectivity index (χ2v) is 5.74. The summed E-state index contributed by atoms with van der Waals surface area (Å²) in [4.78, 5) is 25.2. The molecule has 5 heteroatoms. The molecule has 5 nitrogen and oxygen atoms in total. The lowest BCUT2D eigenvalue weighted by atomic mass is 10.0. The fourth-order valence-electron chi connectivity index (χ4n) is 2.71. The molecule has 0 bridgehead atoms. The highest BCUT2D eigenvalue weighted by Gasteiger charge is 2.28. The van der Waals surface area contributed by atoms with Crippen LogP contribution in [0.3, 0.4) is 0 Å². The van der Waals surface area contributed by atoms with Crippen LogP contribution in [0, 0.1) is 0 Å². The molecule has 1 aliphatic heterocycles. The van der Waals surface area contributed by atoms with Gasteiger partial charge < -0.3 is 14.7 Å². The lowest BCUT2D eigenvalue weighted by Gasteiger charge is -2.28. The molecule has 2 atom stereocenters. The Balaban J connectivity index is 1.97. The van der Waals surface area contributed by atoms with E-state index in [1.165, 1.54) is 4.90 Å². The number of carboxylic acid groups (broad SMARTS) is 1. The molecular weight excluding hydrogens is 282 g/mol. The molecule has 1 aliphatic rings. The Bertz CT molecular complexity index is 497. The molecular formula is C17H23NO4. The van der Waals surface area contributed by atoms with Gasteiger partial charge in [0.1, 0.15) is 6.04 Å². The van der Waals surface area contributed by atoms with Crippen molar-refractivity contribution in [2.24, 2.45) is 0 Å². The summed E-state index contributed by atoms with van der Waals surface area (Å²) in [5, 5.41) is 9.43. The van der Waals surface area contributed by atoms with Gasteiger partial charge in [-0.2, -0.15) is 0 Å². The van der Waals surface area contributed by atoms with Crippen LogP contribution in [0.4, 0.5) is 0 Å². The Morgan fingerprint density at radius 3 is 2.64 bits per heavy atom. The molecule has 1 aromatic rings. The number of aliphatic carboxylic acids is 1. The zero-order chi connectivity index (χ0) is 15.9. The van der Waals surface area contributed by atoms with E-state index in [0.29, 0.717) is 13.0 Å². The molecule has 1 heterocycles. The van der Waals surface area contributed by atoms with E-state index in [0.717, 1.165) is 24.8 Å². The second-order valence-electron chi connectivity index (χ2n) is 5.74. The molecule has 2 rings (SSSR count). The zero-order valence-electron chi connectivity index (χ0n) is 12.9. The normalized spacial score (nSPS) is 19.4. The molecule has 0 spiro atoms. The number of carbonyl (C=O) groups excluding carboxylic acids is 1. The first-order valence-electron chi connectivity index (χ1n) is 7.72. The highest BCUT2D eigenvalue weighted by atomic mass is 16.5. The van der Waals surface area contributed by atoms with Crippen molar-refractivity contribution in [3.63, 3.8) is 0 Å². The van der Waals surface area contributed by atoms with Crippen LogP contribution in [0.5, 0.6) is 0 Å². The molecule has 0 radical (unpaired) electrons. The zero-order valence-corrected chi connectivity index (χ0v) is 12.9. The number of hydrogen-bond donors (Lipinski definition) is 1. The SMILES string of the molecule is CN(C(=O)CC1CCCCO1)C(Cc1ccccc1)C(=O)O. The first kappa shape index (κ1) is 16.5. The van der Waals surface area contributed by atoms with Crippen LogP contribution < -0.4 is 0 Å². The largest absolute Gasteiger partial charge is 0.480 e. The van der Waals surface area contributed by atoms with E-state index in [9.17, 15) is 14.7 Å². The van der Waals surface area contributed by atoms with Crippen LogP contribution in [0.2, 0.25) is 0 Å². The average molecular weight is 305 g/mol. The first-order chi connectivity index (χ1) is 10.6. The summed E-state index contributed by atoms with van der Waals surface area (Å²) in [5.41, 5.74) is 0.906. The van der Waals surface area contributed by atoms with Crippen molar-refractivity contribution in [2.75, 3.05) is 13.7 Å². The summed E-state index contributed by atoms with van der Waals surface area (Å²) in [6, 6.07) is 8.52. The minimum atomic E-state index is -0.982. The van der Waals surface area contributed by atoms with Gasteiger partial charge >= 0.3 is 5.97 Å². The minimum Gasteiger partial charge on any atom is -0.480 e. The smallest absolute Gasteiger partial charge is 0.326 e.